The highest BCUT2D eigenvalue weighted by atomic mass is 19.1. The number of ether oxygens (including phenoxy) is 1. The maximum atomic E-state index is 13.5. The molecule has 0 aliphatic carbocycles. The number of anilines is 1. The van der Waals surface area contributed by atoms with E-state index < -0.39 is 28.8 Å². The molecule has 0 aliphatic rings. The Hall–Kier alpha value is -1.78. The highest BCUT2D eigenvalue weighted by molar-refractivity contribution is 5.91. The Morgan fingerprint density at radius 2 is 2.00 bits per heavy atom. The molecule has 1 aromatic carbocycles. The van der Waals surface area contributed by atoms with Crippen LogP contribution < -0.4 is 5.73 Å². The number of benzene rings is 1. The number of nitrogen functional groups attached to an aromatic ring is 1. The monoisotopic (exact) mass is 227 g/mol. The predicted molar refractivity (Wildman–Crippen MR) is 57.6 cm³/mol. The molecule has 3 N–H and O–H groups in total. The van der Waals surface area contributed by atoms with Gasteiger partial charge in [-0.05, 0) is 32.9 Å². The van der Waals surface area contributed by atoms with Gasteiger partial charge in [-0.3, -0.25) is 0 Å². The Bertz CT molecular complexity index is 424. The van der Waals surface area contributed by atoms with E-state index in [1.165, 1.54) is 0 Å². The number of hydrogen-bond acceptors (Lipinski definition) is 4. The molecule has 0 fully saturated rings. The van der Waals surface area contributed by atoms with Gasteiger partial charge in [-0.15, -0.1) is 0 Å². The molecule has 1 rings (SSSR count). The van der Waals surface area contributed by atoms with Crippen LogP contribution in [0.25, 0.3) is 0 Å². The van der Waals surface area contributed by atoms with Gasteiger partial charge in [0.15, 0.2) is 5.82 Å². The van der Waals surface area contributed by atoms with E-state index >= 15 is 0 Å². The van der Waals surface area contributed by atoms with Crippen LogP contribution in [-0.4, -0.2) is 16.7 Å². The van der Waals surface area contributed by atoms with Crippen molar-refractivity contribution < 1.29 is 19.0 Å². The van der Waals surface area contributed by atoms with E-state index in [2.05, 4.69) is 0 Å². The molecule has 16 heavy (non-hydrogen) atoms. The fourth-order valence-electron chi connectivity index (χ4n) is 1.07. The number of hydrogen-bond donors (Lipinski definition) is 2. The van der Waals surface area contributed by atoms with E-state index in [0.29, 0.717) is 0 Å². The molecule has 0 saturated carbocycles. The quantitative estimate of drug-likeness (QED) is 0.437. The zero-order valence-electron chi connectivity index (χ0n) is 9.37. The second kappa shape index (κ2) is 4.00. The number of halogens is 1. The van der Waals surface area contributed by atoms with Crippen LogP contribution in [0, 0.1) is 5.82 Å². The molecule has 4 nitrogen and oxygen atoms in total. The van der Waals surface area contributed by atoms with Gasteiger partial charge in [0.25, 0.3) is 0 Å². The van der Waals surface area contributed by atoms with Gasteiger partial charge in [-0.25, -0.2) is 9.18 Å². The molecule has 0 saturated heterocycles. The first-order valence-electron chi connectivity index (χ1n) is 4.72. The van der Waals surface area contributed by atoms with Crippen molar-refractivity contribution >= 4 is 11.7 Å². The minimum absolute atomic E-state index is 0.287. The maximum Gasteiger partial charge on any atom is 0.341 e. The standard InChI is InChI=1S/C11H14FNO3/c1-11(2,3)16-10(15)6-4-5-7(14)9(13)8(6)12/h4-5,14H,13H2,1-3H3. The van der Waals surface area contributed by atoms with Crippen LogP contribution >= 0.6 is 0 Å². The third-order valence-electron chi connectivity index (χ3n) is 1.78. The van der Waals surface area contributed by atoms with Gasteiger partial charge in [-0.1, -0.05) is 0 Å². The summed E-state index contributed by atoms with van der Waals surface area (Å²) in [5.74, 6) is -2.17. The van der Waals surface area contributed by atoms with Crippen molar-refractivity contribution in [1.29, 1.82) is 0 Å². The number of nitrogens with two attached hydrogens (primary N) is 1. The zero-order chi connectivity index (χ0) is 12.5. The normalized spacial score (nSPS) is 11.2. The van der Waals surface area contributed by atoms with Gasteiger partial charge in [0.05, 0.1) is 5.56 Å². The minimum Gasteiger partial charge on any atom is -0.506 e. The van der Waals surface area contributed by atoms with E-state index in [1.54, 1.807) is 20.8 Å². The lowest BCUT2D eigenvalue weighted by Crippen LogP contribution is -2.24. The third-order valence-corrected chi connectivity index (χ3v) is 1.78. The average Bonchev–Trinajstić information content (AvgIpc) is 2.11. The van der Waals surface area contributed by atoms with Gasteiger partial charge in [0.2, 0.25) is 0 Å². The summed E-state index contributed by atoms with van der Waals surface area (Å²) in [5.41, 5.74) is 3.80. The van der Waals surface area contributed by atoms with Gasteiger partial charge in [0.1, 0.15) is 17.0 Å². The number of carbonyl (C=O) groups excluding carboxylic acids is 1. The molecular formula is C11H14FNO3. The van der Waals surface area contributed by atoms with Gasteiger partial charge in [0, 0.05) is 0 Å². The maximum absolute atomic E-state index is 13.5. The SMILES string of the molecule is CC(C)(C)OC(=O)c1ccc(O)c(N)c1F. The number of aromatic hydroxyl groups is 1. The zero-order valence-corrected chi connectivity index (χ0v) is 9.37. The second-order valence-electron chi connectivity index (χ2n) is 4.36. The summed E-state index contributed by atoms with van der Waals surface area (Å²) in [7, 11) is 0. The largest absolute Gasteiger partial charge is 0.506 e. The topological polar surface area (TPSA) is 72.5 Å². The first-order valence-corrected chi connectivity index (χ1v) is 4.72. The molecule has 1 aromatic rings. The molecule has 5 heteroatoms. The summed E-state index contributed by atoms with van der Waals surface area (Å²) in [4.78, 5) is 11.5. The molecule has 0 atom stereocenters. The Morgan fingerprint density at radius 1 is 1.44 bits per heavy atom. The smallest absolute Gasteiger partial charge is 0.341 e. The third kappa shape index (κ3) is 2.62. The summed E-state index contributed by atoms with van der Waals surface area (Å²) in [5, 5.41) is 9.12. The van der Waals surface area contributed by atoms with E-state index in [1.807, 2.05) is 0 Å². The summed E-state index contributed by atoms with van der Waals surface area (Å²) in [6, 6.07) is 2.28. The Morgan fingerprint density at radius 3 is 2.50 bits per heavy atom. The number of phenolic OH excluding ortho intramolecular Hbond substituents is 1. The van der Waals surface area contributed by atoms with Crippen LogP contribution in [-0.2, 0) is 4.74 Å². The van der Waals surface area contributed by atoms with Crippen LogP contribution in [0.1, 0.15) is 31.1 Å². The highest BCUT2D eigenvalue weighted by Gasteiger charge is 2.22. The van der Waals surface area contributed by atoms with Gasteiger partial charge < -0.3 is 15.6 Å². The number of carbonyl (C=O) groups is 1. The lowest BCUT2D eigenvalue weighted by Gasteiger charge is -2.19. The highest BCUT2D eigenvalue weighted by Crippen LogP contribution is 2.26. The lowest BCUT2D eigenvalue weighted by molar-refractivity contribution is 0.00649. The van der Waals surface area contributed by atoms with E-state index in [0.717, 1.165) is 12.1 Å². The predicted octanol–water partition coefficient (Wildman–Crippen LogP) is 2.07. The van der Waals surface area contributed by atoms with E-state index in [9.17, 15) is 9.18 Å². The van der Waals surface area contributed by atoms with Crippen molar-refractivity contribution in [2.75, 3.05) is 5.73 Å². The van der Waals surface area contributed by atoms with Gasteiger partial charge >= 0.3 is 5.97 Å². The molecule has 0 aromatic heterocycles. The Balaban J connectivity index is 3.06. The van der Waals surface area contributed by atoms with E-state index in [4.69, 9.17) is 15.6 Å². The average molecular weight is 227 g/mol. The molecular weight excluding hydrogens is 213 g/mol. The summed E-state index contributed by atoms with van der Waals surface area (Å²) >= 11 is 0. The Labute approximate surface area is 92.8 Å². The fourth-order valence-corrected chi connectivity index (χ4v) is 1.07. The summed E-state index contributed by atoms with van der Waals surface area (Å²) in [6.07, 6.45) is 0. The number of phenols is 1. The van der Waals surface area contributed by atoms with Gasteiger partial charge in [-0.2, -0.15) is 0 Å². The molecule has 0 radical (unpaired) electrons. The molecule has 0 amide bonds. The first kappa shape index (κ1) is 12.3. The summed E-state index contributed by atoms with van der Waals surface area (Å²) < 4.78 is 18.5. The fraction of sp³-hybridized carbons (Fsp3) is 0.364. The molecule has 0 heterocycles. The molecule has 0 spiro atoms. The van der Waals surface area contributed by atoms with Crippen LogP contribution in [0.2, 0.25) is 0 Å². The second-order valence-corrected chi connectivity index (χ2v) is 4.36. The number of esters is 1. The molecule has 0 unspecified atom stereocenters. The van der Waals surface area contributed by atoms with Crippen molar-refractivity contribution in [3.8, 4) is 5.75 Å². The van der Waals surface area contributed by atoms with Crippen LogP contribution in [0.4, 0.5) is 10.1 Å². The van der Waals surface area contributed by atoms with Crippen molar-refractivity contribution in [2.45, 2.75) is 26.4 Å². The first-order chi connectivity index (χ1) is 7.22. The number of rotatable bonds is 1. The summed E-state index contributed by atoms with van der Waals surface area (Å²) in [6.45, 7) is 5.02. The molecule has 0 aliphatic heterocycles. The van der Waals surface area contributed by atoms with Crippen LogP contribution in [0.5, 0.6) is 5.75 Å². The van der Waals surface area contributed by atoms with Crippen molar-refractivity contribution in [2.24, 2.45) is 0 Å². The van der Waals surface area contributed by atoms with E-state index in [-0.39, 0.29) is 5.56 Å². The minimum atomic E-state index is -0.964. The van der Waals surface area contributed by atoms with Crippen LogP contribution in [0.3, 0.4) is 0 Å². The lowest BCUT2D eigenvalue weighted by atomic mass is 10.1. The van der Waals surface area contributed by atoms with Crippen molar-refractivity contribution in [3.05, 3.63) is 23.5 Å². The van der Waals surface area contributed by atoms with Crippen LogP contribution in [0.15, 0.2) is 12.1 Å². The molecule has 88 valence electrons. The Kier molecular flexibility index (Phi) is 3.07. The van der Waals surface area contributed by atoms with Crippen molar-refractivity contribution in [1.82, 2.24) is 0 Å². The molecule has 0 bridgehead atoms. The van der Waals surface area contributed by atoms with Crippen molar-refractivity contribution in [3.63, 3.8) is 0 Å².